The van der Waals surface area contributed by atoms with E-state index in [1.54, 1.807) is 17.8 Å². The van der Waals surface area contributed by atoms with E-state index in [4.69, 9.17) is 5.73 Å². The second-order valence-electron chi connectivity index (χ2n) is 4.46. The van der Waals surface area contributed by atoms with Crippen molar-refractivity contribution in [2.75, 3.05) is 5.75 Å². The molecule has 0 aliphatic rings. The fourth-order valence-corrected chi connectivity index (χ4v) is 3.39. The molecule has 2 rings (SSSR count). The quantitative estimate of drug-likeness (QED) is 0.690. The largest absolute Gasteiger partial charge is 0.327 e. The van der Waals surface area contributed by atoms with Crippen molar-refractivity contribution in [1.82, 2.24) is 0 Å². The summed E-state index contributed by atoms with van der Waals surface area (Å²) in [4.78, 5) is 1.20. The summed E-state index contributed by atoms with van der Waals surface area (Å²) in [5, 5.41) is 0. The second-order valence-corrected chi connectivity index (χ2v) is 7.33. The number of thioether (sulfide) groups is 1. The molecule has 0 aromatic heterocycles. The zero-order valence-corrected chi connectivity index (χ0v) is 14.6. The van der Waals surface area contributed by atoms with Gasteiger partial charge in [-0.25, -0.2) is 4.39 Å². The molecule has 2 N–H and O–H groups in total. The van der Waals surface area contributed by atoms with Crippen LogP contribution in [-0.4, -0.2) is 11.8 Å². The van der Waals surface area contributed by atoms with Crippen molar-refractivity contribution in [3.05, 3.63) is 62.8 Å². The zero-order chi connectivity index (χ0) is 14.5. The van der Waals surface area contributed by atoms with E-state index in [1.807, 2.05) is 12.1 Å². The van der Waals surface area contributed by atoms with Crippen LogP contribution in [-0.2, 0) is 6.42 Å². The molecule has 20 heavy (non-hydrogen) atoms. The molecule has 0 radical (unpaired) electrons. The van der Waals surface area contributed by atoms with Gasteiger partial charge in [-0.05, 0) is 48.4 Å². The normalized spacial score (nSPS) is 12.4. The highest BCUT2D eigenvalue weighted by Crippen LogP contribution is 2.23. The van der Waals surface area contributed by atoms with E-state index in [-0.39, 0.29) is 11.9 Å². The van der Waals surface area contributed by atoms with Crippen molar-refractivity contribution in [3.63, 3.8) is 0 Å². The summed E-state index contributed by atoms with van der Waals surface area (Å²) in [6.45, 7) is 0. The Balaban J connectivity index is 1.89. The molecule has 1 nitrogen and oxygen atoms in total. The first kappa shape index (κ1) is 16.0. The van der Waals surface area contributed by atoms with Crippen LogP contribution >= 0.6 is 43.6 Å². The molecule has 0 heterocycles. The van der Waals surface area contributed by atoms with Crippen LogP contribution in [0.4, 0.5) is 4.39 Å². The van der Waals surface area contributed by atoms with Crippen LogP contribution in [0.25, 0.3) is 0 Å². The molecular weight excluding hydrogens is 405 g/mol. The van der Waals surface area contributed by atoms with E-state index in [1.165, 1.54) is 17.0 Å². The lowest BCUT2D eigenvalue weighted by Crippen LogP contribution is -2.25. The molecule has 0 aliphatic heterocycles. The maximum Gasteiger partial charge on any atom is 0.124 e. The number of nitrogens with two attached hydrogens (primary N) is 1. The van der Waals surface area contributed by atoms with Crippen molar-refractivity contribution in [1.29, 1.82) is 0 Å². The van der Waals surface area contributed by atoms with Gasteiger partial charge in [0.15, 0.2) is 0 Å². The molecule has 0 saturated heterocycles. The first-order valence-electron chi connectivity index (χ1n) is 6.12. The molecule has 1 unspecified atom stereocenters. The van der Waals surface area contributed by atoms with Gasteiger partial charge >= 0.3 is 0 Å². The first-order chi connectivity index (χ1) is 9.54. The molecule has 1 atom stereocenters. The molecule has 0 spiro atoms. The van der Waals surface area contributed by atoms with Gasteiger partial charge in [-0.1, -0.05) is 37.9 Å². The summed E-state index contributed by atoms with van der Waals surface area (Å²) < 4.78 is 14.9. The highest BCUT2D eigenvalue weighted by atomic mass is 79.9. The van der Waals surface area contributed by atoms with E-state index >= 15 is 0 Å². The Morgan fingerprint density at radius 3 is 2.45 bits per heavy atom. The Bertz CT molecular complexity index is 575. The Kier molecular flexibility index (Phi) is 6.08. The molecular formula is C15H14Br2FNS. The molecule has 0 amide bonds. The predicted molar refractivity (Wildman–Crippen MR) is 90.6 cm³/mol. The maximum absolute atomic E-state index is 13.0. The minimum absolute atomic E-state index is 0.0328. The van der Waals surface area contributed by atoms with Crippen LogP contribution in [0.3, 0.4) is 0 Å². The standard InChI is InChI=1S/C15H14Br2FNS/c16-11-2-5-14(6-3-11)20-9-13(19)7-10-1-4-12(18)8-15(10)17/h1-6,8,13H,7,9,19H2. The fraction of sp³-hybridized carbons (Fsp3) is 0.200. The molecule has 0 fully saturated rings. The summed E-state index contributed by atoms with van der Waals surface area (Å²) in [6, 6.07) is 12.9. The van der Waals surface area contributed by atoms with E-state index in [9.17, 15) is 4.39 Å². The van der Waals surface area contributed by atoms with Gasteiger partial charge < -0.3 is 5.73 Å². The maximum atomic E-state index is 13.0. The van der Waals surface area contributed by atoms with Crippen molar-refractivity contribution in [2.45, 2.75) is 17.4 Å². The molecule has 0 bridgehead atoms. The second kappa shape index (κ2) is 7.59. The summed E-state index contributed by atoms with van der Waals surface area (Å²) >= 11 is 8.52. The lowest BCUT2D eigenvalue weighted by atomic mass is 10.1. The number of hydrogen-bond donors (Lipinski definition) is 1. The van der Waals surface area contributed by atoms with Gasteiger partial charge in [-0.2, -0.15) is 0 Å². The van der Waals surface area contributed by atoms with Crippen molar-refractivity contribution < 1.29 is 4.39 Å². The Morgan fingerprint density at radius 1 is 1.10 bits per heavy atom. The molecule has 2 aromatic carbocycles. The van der Waals surface area contributed by atoms with Crippen LogP contribution in [0.5, 0.6) is 0 Å². The Hall–Kier alpha value is -0.360. The number of hydrogen-bond acceptors (Lipinski definition) is 2. The van der Waals surface area contributed by atoms with Crippen LogP contribution in [0.15, 0.2) is 56.3 Å². The van der Waals surface area contributed by atoms with E-state index in [0.29, 0.717) is 0 Å². The summed E-state index contributed by atoms with van der Waals surface area (Å²) in [5.41, 5.74) is 7.18. The summed E-state index contributed by atoms with van der Waals surface area (Å²) in [5.74, 6) is 0.587. The van der Waals surface area contributed by atoms with Gasteiger partial charge in [-0.15, -0.1) is 11.8 Å². The highest BCUT2D eigenvalue weighted by Gasteiger charge is 2.08. The van der Waals surface area contributed by atoms with E-state index in [0.717, 1.165) is 26.7 Å². The SMILES string of the molecule is NC(CSc1ccc(Br)cc1)Cc1ccc(F)cc1Br. The first-order valence-corrected chi connectivity index (χ1v) is 8.69. The average Bonchev–Trinajstić information content (AvgIpc) is 2.41. The van der Waals surface area contributed by atoms with Crippen molar-refractivity contribution in [2.24, 2.45) is 5.73 Å². The number of halogens is 3. The number of rotatable bonds is 5. The van der Waals surface area contributed by atoms with Gasteiger partial charge in [0, 0.05) is 25.6 Å². The van der Waals surface area contributed by atoms with Crippen LogP contribution in [0, 0.1) is 5.82 Å². The lowest BCUT2D eigenvalue weighted by Gasteiger charge is -2.12. The van der Waals surface area contributed by atoms with Crippen molar-refractivity contribution in [3.8, 4) is 0 Å². The van der Waals surface area contributed by atoms with Crippen LogP contribution in [0.2, 0.25) is 0 Å². The lowest BCUT2D eigenvalue weighted by molar-refractivity contribution is 0.625. The highest BCUT2D eigenvalue weighted by molar-refractivity contribution is 9.10. The van der Waals surface area contributed by atoms with Gasteiger partial charge in [0.1, 0.15) is 5.82 Å². The smallest absolute Gasteiger partial charge is 0.124 e. The van der Waals surface area contributed by atoms with Crippen molar-refractivity contribution >= 4 is 43.6 Å². The number of benzene rings is 2. The van der Waals surface area contributed by atoms with Crippen LogP contribution < -0.4 is 5.73 Å². The predicted octanol–water partition coefficient (Wildman–Crippen LogP) is 5.01. The minimum Gasteiger partial charge on any atom is -0.327 e. The van der Waals surface area contributed by atoms with E-state index in [2.05, 4.69) is 44.0 Å². The fourth-order valence-electron chi connectivity index (χ4n) is 1.76. The summed E-state index contributed by atoms with van der Waals surface area (Å²) in [6.07, 6.45) is 0.727. The van der Waals surface area contributed by atoms with Gasteiger partial charge in [-0.3, -0.25) is 0 Å². The topological polar surface area (TPSA) is 26.0 Å². The van der Waals surface area contributed by atoms with E-state index < -0.39 is 0 Å². The third kappa shape index (κ3) is 4.88. The molecule has 0 saturated carbocycles. The van der Waals surface area contributed by atoms with Crippen LogP contribution in [0.1, 0.15) is 5.56 Å². The Labute approximate surface area is 139 Å². The molecule has 5 heteroatoms. The Morgan fingerprint density at radius 2 is 1.80 bits per heavy atom. The molecule has 2 aromatic rings. The third-order valence-electron chi connectivity index (χ3n) is 2.77. The monoisotopic (exact) mass is 417 g/mol. The molecule has 0 aliphatic carbocycles. The van der Waals surface area contributed by atoms with Gasteiger partial charge in [0.05, 0.1) is 0 Å². The van der Waals surface area contributed by atoms with Gasteiger partial charge in [0.25, 0.3) is 0 Å². The average molecular weight is 419 g/mol. The van der Waals surface area contributed by atoms with Gasteiger partial charge in [0.2, 0.25) is 0 Å². The molecule has 106 valence electrons. The minimum atomic E-state index is -0.238. The third-order valence-corrected chi connectivity index (χ3v) is 5.24. The summed E-state index contributed by atoms with van der Waals surface area (Å²) in [7, 11) is 0. The zero-order valence-electron chi connectivity index (χ0n) is 10.7.